The van der Waals surface area contributed by atoms with Crippen molar-refractivity contribution in [2.45, 2.75) is 38.6 Å². The van der Waals surface area contributed by atoms with E-state index in [2.05, 4.69) is 12.2 Å². The molecule has 0 amide bonds. The molecule has 1 fully saturated rings. The van der Waals surface area contributed by atoms with Crippen molar-refractivity contribution < 1.29 is 13.5 Å². The van der Waals surface area contributed by atoms with Crippen LogP contribution >= 0.6 is 0 Å². The van der Waals surface area contributed by atoms with E-state index in [0.717, 1.165) is 32.2 Å². The maximum atomic E-state index is 11.5. The number of nitrogens with zero attached hydrogens (tertiary/aromatic N) is 1. The molecular formula is C12H26N2O3S. The van der Waals surface area contributed by atoms with Crippen LogP contribution in [-0.4, -0.2) is 56.4 Å². The van der Waals surface area contributed by atoms with Gasteiger partial charge in [-0.15, -0.1) is 0 Å². The first-order valence-electron chi connectivity index (χ1n) is 6.73. The Morgan fingerprint density at radius 3 is 2.83 bits per heavy atom. The van der Waals surface area contributed by atoms with Gasteiger partial charge in [0.15, 0.2) is 0 Å². The van der Waals surface area contributed by atoms with Gasteiger partial charge in [-0.1, -0.05) is 0 Å². The van der Waals surface area contributed by atoms with Crippen LogP contribution < -0.4 is 5.32 Å². The summed E-state index contributed by atoms with van der Waals surface area (Å²) >= 11 is 0. The van der Waals surface area contributed by atoms with Gasteiger partial charge in [0.1, 0.15) is 0 Å². The summed E-state index contributed by atoms with van der Waals surface area (Å²) < 4.78 is 24.6. The van der Waals surface area contributed by atoms with Gasteiger partial charge in [-0.2, -0.15) is 0 Å². The lowest BCUT2D eigenvalue weighted by Gasteiger charge is -2.31. The van der Waals surface area contributed by atoms with Crippen LogP contribution in [0, 0.1) is 5.92 Å². The van der Waals surface area contributed by atoms with E-state index in [4.69, 9.17) is 5.11 Å². The van der Waals surface area contributed by atoms with E-state index < -0.39 is 10.0 Å². The SMILES string of the molecule is CC(CCCO)NCC1CCCN(S(C)(=O)=O)C1. The third-order valence-corrected chi connectivity index (χ3v) is 4.77. The monoisotopic (exact) mass is 278 g/mol. The molecule has 0 aliphatic carbocycles. The maximum absolute atomic E-state index is 11.5. The summed E-state index contributed by atoms with van der Waals surface area (Å²) in [5.74, 6) is 0.407. The van der Waals surface area contributed by atoms with Crippen LogP contribution in [0.15, 0.2) is 0 Å². The van der Waals surface area contributed by atoms with E-state index in [9.17, 15) is 8.42 Å². The van der Waals surface area contributed by atoms with Crippen LogP contribution in [0.3, 0.4) is 0 Å². The summed E-state index contributed by atoms with van der Waals surface area (Å²) in [7, 11) is -3.04. The number of nitrogens with one attached hydrogen (secondary N) is 1. The Kier molecular flexibility index (Phi) is 6.55. The van der Waals surface area contributed by atoms with Gasteiger partial charge < -0.3 is 10.4 Å². The van der Waals surface area contributed by atoms with Gasteiger partial charge in [-0.25, -0.2) is 12.7 Å². The van der Waals surface area contributed by atoms with Crippen LogP contribution in [0.25, 0.3) is 0 Å². The predicted molar refractivity (Wildman–Crippen MR) is 72.9 cm³/mol. The van der Waals surface area contributed by atoms with Gasteiger partial charge in [-0.05, 0) is 45.1 Å². The molecule has 18 heavy (non-hydrogen) atoms. The molecule has 0 saturated carbocycles. The molecule has 0 aromatic rings. The zero-order chi connectivity index (χ0) is 13.6. The van der Waals surface area contributed by atoms with Crippen molar-refractivity contribution >= 4 is 10.0 Å². The number of rotatable bonds is 7. The molecule has 2 unspecified atom stereocenters. The van der Waals surface area contributed by atoms with Crippen molar-refractivity contribution in [1.29, 1.82) is 0 Å². The molecule has 6 heteroatoms. The molecule has 0 aromatic carbocycles. The van der Waals surface area contributed by atoms with Crippen LogP contribution in [0.4, 0.5) is 0 Å². The number of hydrogen-bond donors (Lipinski definition) is 2. The van der Waals surface area contributed by atoms with E-state index >= 15 is 0 Å². The highest BCUT2D eigenvalue weighted by atomic mass is 32.2. The smallest absolute Gasteiger partial charge is 0.211 e. The Balaban J connectivity index is 2.30. The molecule has 108 valence electrons. The van der Waals surface area contributed by atoms with Crippen LogP contribution in [0.2, 0.25) is 0 Å². The van der Waals surface area contributed by atoms with Crippen molar-refractivity contribution in [2.75, 3.05) is 32.5 Å². The first-order valence-corrected chi connectivity index (χ1v) is 8.57. The lowest BCUT2D eigenvalue weighted by Crippen LogP contribution is -2.43. The van der Waals surface area contributed by atoms with Crippen LogP contribution in [-0.2, 0) is 10.0 Å². The fraction of sp³-hybridized carbons (Fsp3) is 1.00. The Morgan fingerprint density at radius 2 is 2.22 bits per heavy atom. The van der Waals surface area contributed by atoms with Crippen molar-refractivity contribution in [1.82, 2.24) is 9.62 Å². The summed E-state index contributed by atoms with van der Waals surface area (Å²) in [5, 5.41) is 12.2. The van der Waals surface area contributed by atoms with E-state index in [-0.39, 0.29) is 6.61 Å². The molecule has 1 aliphatic heterocycles. The highest BCUT2D eigenvalue weighted by Gasteiger charge is 2.25. The largest absolute Gasteiger partial charge is 0.396 e. The Bertz CT molecular complexity index is 332. The van der Waals surface area contributed by atoms with Crippen molar-refractivity contribution in [3.8, 4) is 0 Å². The van der Waals surface area contributed by atoms with Crippen LogP contribution in [0.1, 0.15) is 32.6 Å². The third kappa shape index (κ3) is 5.65. The molecule has 1 saturated heterocycles. The Labute approximate surface area is 111 Å². The zero-order valence-electron chi connectivity index (χ0n) is 11.4. The van der Waals surface area contributed by atoms with Gasteiger partial charge >= 0.3 is 0 Å². The molecule has 1 heterocycles. The maximum Gasteiger partial charge on any atom is 0.211 e. The molecule has 0 radical (unpaired) electrons. The standard InChI is InChI=1S/C12H26N2O3S/c1-11(5-4-8-15)13-9-12-6-3-7-14(10-12)18(2,16)17/h11-13,15H,3-10H2,1-2H3. The zero-order valence-corrected chi connectivity index (χ0v) is 12.2. The highest BCUT2D eigenvalue weighted by molar-refractivity contribution is 7.88. The van der Waals surface area contributed by atoms with Crippen molar-refractivity contribution in [3.05, 3.63) is 0 Å². The second-order valence-electron chi connectivity index (χ2n) is 5.30. The minimum absolute atomic E-state index is 0.233. The van der Waals surface area contributed by atoms with E-state index in [0.29, 0.717) is 25.0 Å². The second kappa shape index (κ2) is 7.43. The van der Waals surface area contributed by atoms with E-state index in [1.807, 2.05) is 0 Å². The van der Waals surface area contributed by atoms with Gasteiger partial charge in [0.25, 0.3) is 0 Å². The lowest BCUT2D eigenvalue weighted by atomic mass is 9.99. The summed E-state index contributed by atoms with van der Waals surface area (Å²) in [6, 6.07) is 0.380. The van der Waals surface area contributed by atoms with Gasteiger partial charge in [-0.3, -0.25) is 0 Å². The normalized spacial score (nSPS) is 24.1. The molecule has 1 rings (SSSR count). The third-order valence-electron chi connectivity index (χ3n) is 3.50. The fourth-order valence-electron chi connectivity index (χ4n) is 2.36. The number of aliphatic hydroxyl groups excluding tert-OH is 1. The molecule has 0 bridgehead atoms. The van der Waals surface area contributed by atoms with Crippen LogP contribution in [0.5, 0.6) is 0 Å². The Morgan fingerprint density at radius 1 is 1.50 bits per heavy atom. The number of sulfonamides is 1. The van der Waals surface area contributed by atoms with Gasteiger partial charge in [0.05, 0.1) is 6.26 Å². The first-order chi connectivity index (χ1) is 8.43. The highest BCUT2D eigenvalue weighted by Crippen LogP contribution is 2.18. The summed E-state index contributed by atoms with van der Waals surface area (Å²) in [4.78, 5) is 0. The molecule has 0 aromatic heterocycles. The number of aliphatic hydroxyl groups is 1. The minimum atomic E-state index is -3.04. The van der Waals surface area contributed by atoms with E-state index in [1.54, 1.807) is 4.31 Å². The molecule has 1 aliphatic rings. The lowest BCUT2D eigenvalue weighted by molar-refractivity contribution is 0.248. The predicted octanol–water partition coefficient (Wildman–Crippen LogP) is 0.409. The molecule has 2 N–H and O–H groups in total. The number of piperidine rings is 1. The average molecular weight is 278 g/mol. The van der Waals surface area contributed by atoms with Gasteiger partial charge in [0, 0.05) is 25.7 Å². The summed E-state index contributed by atoms with van der Waals surface area (Å²) in [5.41, 5.74) is 0. The first kappa shape index (κ1) is 15.9. The van der Waals surface area contributed by atoms with Crippen molar-refractivity contribution in [3.63, 3.8) is 0 Å². The van der Waals surface area contributed by atoms with Gasteiger partial charge in [0.2, 0.25) is 10.0 Å². The summed E-state index contributed by atoms with van der Waals surface area (Å²) in [6.45, 7) is 4.50. The second-order valence-corrected chi connectivity index (χ2v) is 7.29. The average Bonchev–Trinajstić information content (AvgIpc) is 2.33. The van der Waals surface area contributed by atoms with E-state index in [1.165, 1.54) is 6.26 Å². The molecule has 2 atom stereocenters. The Hall–Kier alpha value is -0.170. The fourth-order valence-corrected chi connectivity index (χ4v) is 3.30. The van der Waals surface area contributed by atoms with Crippen molar-refractivity contribution in [2.24, 2.45) is 5.92 Å². The number of hydrogen-bond acceptors (Lipinski definition) is 4. The minimum Gasteiger partial charge on any atom is -0.396 e. The molecule has 5 nitrogen and oxygen atoms in total. The quantitative estimate of drug-likeness (QED) is 0.707. The summed E-state index contributed by atoms with van der Waals surface area (Å²) in [6.07, 6.45) is 5.09. The topological polar surface area (TPSA) is 69.6 Å². The molecular weight excluding hydrogens is 252 g/mol. The molecule has 0 spiro atoms.